The summed E-state index contributed by atoms with van der Waals surface area (Å²) >= 11 is 0. The van der Waals surface area contributed by atoms with Gasteiger partial charge in [-0.05, 0) is 68.2 Å². The first-order chi connectivity index (χ1) is 13.8. The fourth-order valence-corrected chi connectivity index (χ4v) is 3.52. The van der Waals surface area contributed by atoms with Gasteiger partial charge in [-0.2, -0.15) is 0 Å². The van der Waals surface area contributed by atoms with E-state index in [0.717, 1.165) is 11.1 Å². The van der Waals surface area contributed by atoms with Gasteiger partial charge in [0.15, 0.2) is 23.1 Å². The lowest BCUT2D eigenvalue weighted by Gasteiger charge is -2.25. The Morgan fingerprint density at radius 1 is 0.862 bits per heavy atom. The predicted molar refractivity (Wildman–Crippen MR) is 112 cm³/mol. The van der Waals surface area contributed by atoms with E-state index in [4.69, 9.17) is 0 Å². The molecule has 1 aliphatic rings. The number of hydrogen-bond acceptors (Lipinski definition) is 4. The molecule has 4 nitrogen and oxygen atoms in total. The lowest BCUT2D eigenvalue weighted by Crippen LogP contribution is -2.19. The summed E-state index contributed by atoms with van der Waals surface area (Å²) in [5.74, 6) is -0.816. The molecule has 0 saturated carbocycles. The fraction of sp³-hybridized carbons (Fsp3) is 0.200. The first-order valence-electron chi connectivity index (χ1n) is 9.45. The molecule has 1 atom stereocenters. The summed E-state index contributed by atoms with van der Waals surface area (Å²) in [6, 6.07) is 14.3. The molecule has 2 aromatic carbocycles. The lowest BCUT2D eigenvalue weighted by molar-refractivity contribution is -0.115. The van der Waals surface area contributed by atoms with E-state index in [1.54, 1.807) is 42.5 Å². The van der Waals surface area contributed by atoms with Crippen LogP contribution in [-0.2, 0) is 9.59 Å². The standard InChI is InChI=1S/C25H22O4/c1-15(26)19-7-4-6-18(10-19)11-24-23(13-22(17(3)28)14-25(24)29)21-9-5-8-20(12-21)16(2)27/h4-12,14,23H,13H2,1-3H3/b24-11-. The molecular weight excluding hydrogens is 364 g/mol. The zero-order valence-corrected chi connectivity index (χ0v) is 16.7. The zero-order chi connectivity index (χ0) is 21.1. The molecule has 2 aromatic rings. The van der Waals surface area contributed by atoms with Crippen molar-refractivity contribution in [1.29, 1.82) is 0 Å². The topological polar surface area (TPSA) is 68.3 Å². The van der Waals surface area contributed by atoms with E-state index in [0.29, 0.717) is 28.7 Å². The maximum atomic E-state index is 12.9. The van der Waals surface area contributed by atoms with Crippen LogP contribution in [-0.4, -0.2) is 23.1 Å². The van der Waals surface area contributed by atoms with Crippen LogP contribution in [0.15, 0.2) is 65.8 Å². The van der Waals surface area contributed by atoms with Crippen LogP contribution in [0, 0.1) is 0 Å². The highest BCUT2D eigenvalue weighted by atomic mass is 16.1. The van der Waals surface area contributed by atoms with Crippen LogP contribution in [0.3, 0.4) is 0 Å². The summed E-state index contributed by atoms with van der Waals surface area (Å²) in [7, 11) is 0. The van der Waals surface area contributed by atoms with Crippen LogP contribution in [0.2, 0.25) is 0 Å². The van der Waals surface area contributed by atoms with Crippen molar-refractivity contribution in [3.63, 3.8) is 0 Å². The molecule has 1 aliphatic carbocycles. The van der Waals surface area contributed by atoms with Gasteiger partial charge in [-0.25, -0.2) is 0 Å². The van der Waals surface area contributed by atoms with E-state index in [2.05, 4.69) is 0 Å². The highest BCUT2D eigenvalue weighted by molar-refractivity contribution is 6.14. The van der Waals surface area contributed by atoms with Gasteiger partial charge in [-0.15, -0.1) is 0 Å². The summed E-state index contributed by atoms with van der Waals surface area (Å²) in [6.07, 6.45) is 3.56. The molecule has 0 aliphatic heterocycles. The SMILES string of the molecule is CC(=O)C1=CC(=O)/C(=C\c2cccc(C(C)=O)c2)C(c2cccc(C(C)=O)c2)C1. The summed E-state index contributed by atoms with van der Waals surface area (Å²) in [6.45, 7) is 4.44. The number of ketones is 4. The first kappa shape index (κ1) is 20.3. The summed E-state index contributed by atoms with van der Waals surface area (Å²) in [4.78, 5) is 48.4. The molecule has 146 valence electrons. The molecule has 0 aromatic heterocycles. The Labute approximate surface area is 169 Å². The van der Waals surface area contributed by atoms with Crippen LogP contribution >= 0.6 is 0 Å². The molecule has 0 amide bonds. The molecule has 29 heavy (non-hydrogen) atoms. The highest BCUT2D eigenvalue weighted by Crippen LogP contribution is 2.37. The second-order valence-corrected chi connectivity index (χ2v) is 7.31. The Morgan fingerprint density at radius 3 is 2.10 bits per heavy atom. The van der Waals surface area contributed by atoms with Gasteiger partial charge in [0.1, 0.15) is 0 Å². The van der Waals surface area contributed by atoms with Gasteiger partial charge in [0.25, 0.3) is 0 Å². The lowest BCUT2D eigenvalue weighted by atomic mass is 9.77. The number of hydrogen-bond donors (Lipinski definition) is 0. The van der Waals surface area contributed by atoms with Crippen molar-refractivity contribution >= 4 is 29.2 Å². The van der Waals surface area contributed by atoms with Gasteiger partial charge in [0, 0.05) is 22.6 Å². The third-order valence-electron chi connectivity index (χ3n) is 5.15. The quantitative estimate of drug-likeness (QED) is 0.549. The number of carbonyl (C=O) groups is 4. The normalized spacial score (nSPS) is 17.8. The molecular formula is C25H22O4. The number of carbonyl (C=O) groups excluding carboxylic acids is 4. The Balaban J connectivity index is 2.13. The Kier molecular flexibility index (Phi) is 5.83. The maximum Gasteiger partial charge on any atom is 0.182 e. The van der Waals surface area contributed by atoms with Crippen molar-refractivity contribution in [3.8, 4) is 0 Å². The molecule has 0 N–H and O–H groups in total. The molecule has 0 fully saturated rings. The van der Waals surface area contributed by atoms with Crippen molar-refractivity contribution in [2.45, 2.75) is 33.1 Å². The Morgan fingerprint density at radius 2 is 1.48 bits per heavy atom. The van der Waals surface area contributed by atoms with Crippen LogP contribution in [0.1, 0.15) is 65.0 Å². The molecule has 4 heteroatoms. The summed E-state index contributed by atoms with van der Waals surface area (Å²) in [5.41, 5.74) is 3.70. The van der Waals surface area contributed by atoms with E-state index in [1.807, 2.05) is 12.1 Å². The van der Waals surface area contributed by atoms with Gasteiger partial charge in [0.05, 0.1) is 0 Å². The molecule has 3 rings (SSSR count). The van der Waals surface area contributed by atoms with Gasteiger partial charge >= 0.3 is 0 Å². The van der Waals surface area contributed by atoms with E-state index in [1.165, 1.54) is 26.8 Å². The second-order valence-electron chi connectivity index (χ2n) is 7.31. The minimum Gasteiger partial charge on any atom is -0.295 e. The molecule has 0 bridgehead atoms. The van der Waals surface area contributed by atoms with E-state index < -0.39 is 0 Å². The number of benzene rings is 2. The van der Waals surface area contributed by atoms with Gasteiger partial charge in [0.2, 0.25) is 0 Å². The molecule has 0 radical (unpaired) electrons. The second kappa shape index (κ2) is 8.31. The molecule has 0 saturated heterocycles. The number of allylic oxidation sites excluding steroid dienone is 3. The van der Waals surface area contributed by atoms with E-state index in [9.17, 15) is 19.2 Å². The number of Topliss-reactive ketones (excluding diaryl/α,β-unsaturated/α-hetero) is 3. The van der Waals surface area contributed by atoms with Crippen molar-refractivity contribution in [1.82, 2.24) is 0 Å². The molecule has 0 heterocycles. The summed E-state index contributed by atoms with van der Waals surface area (Å²) in [5, 5.41) is 0. The highest BCUT2D eigenvalue weighted by Gasteiger charge is 2.29. The van der Waals surface area contributed by atoms with Gasteiger partial charge in [-0.1, -0.05) is 36.4 Å². The fourth-order valence-electron chi connectivity index (χ4n) is 3.52. The average Bonchev–Trinajstić information content (AvgIpc) is 2.69. The van der Waals surface area contributed by atoms with Crippen molar-refractivity contribution in [3.05, 3.63) is 88.0 Å². The summed E-state index contributed by atoms with van der Waals surface area (Å²) < 4.78 is 0. The van der Waals surface area contributed by atoms with Crippen molar-refractivity contribution in [2.24, 2.45) is 0 Å². The monoisotopic (exact) mass is 386 g/mol. The van der Waals surface area contributed by atoms with Crippen LogP contribution in [0.5, 0.6) is 0 Å². The molecule has 0 spiro atoms. The van der Waals surface area contributed by atoms with Gasteiger partial charge < -0.3 is 0 Å². The third kappa shape index (κ3) is 4.54. The minimum absolute atomic E-state index is 0.0512. The zero-order valence-electron chi connectivity index (χ0n) is 16.7. The molecule has 1 unspecified atom stereocenters. The third-order valence-corrected chi connectivity index (χ3v) is 5.15. The smallest absolute Gasteiger partial charge is 0.182 e. The minimum atomic E-state index is -0.341. The Hall–Kier alpha value is -3.40. The first-order valence-corrected chi connectivity index (χ1v) is 9.45. The largest absolute Gasteiger partial charge is 0.295 e. The van der Waals surface area contributed by atoms with Gasteiger partial charge in [-0.3, -0.25) is 19.2 Å². The predicted octanol–water partition coefficient (Wildman–Crippen LogP) is 4.75. The van der Waals surface area contributed by atoms with E-state index in [-0.39, 0.29) is 29.1 Å². The Bertz CT molecular complexity index is 1090. The maximum absolute atomic E-state index is 12.9. The van der Waals surface area contributed by atoms with E-state index >= 15 is 0 Å². The number of rotatable bonds is 5. The van der Waals surface area contributed by atoms with Crippen molar-refractivity contribution in [2.75, 3.05) is 0 Å². The van der Waals surface area contributed by atoms with Crippen LogP contribution in [0.4, 0.5) is 0 Å². The average molecular weight is 386 g/mol. The van der Waals surface area contributed by atoms with Crippen molar-refractivity contribution < 1.29 is 19.2 Å². The van der Waals surface area contributed by atoms with Crippen LogP contribution in [0.25, 0.3) is 6.08 Å². The van der Waals surface area contributed by atoms with Crippen LogP contribution < -0.4 is 0 Å².